The van der Waals surface area contributed by atoms with Gasteiger partial charge in [-0.15, -0.1) is 11.3 Å². The highest BCUT2D eigenvalue weighted by Gasteiger charge is 2.24. The van der Waals surface area contributed by atoms with E-state index in [-0.39, 0.29) is 18.0 Å². The van der Waals surface area contributed by atoms with Crippen molar-refractivity contribution in [2.24, 2.45) is 0 Å². The maximum atomic E-state index is 12.9. The van der Waals surface area contributed by atoms with E-state index in [9.17, 15) is 9.59 Å². The van der Waals surface area contributed by atoms with E-state index in [1.165, 1.54) is 24.1 Å². The summed E-state index contributed by atoms with van der Waals surface area (Å²) in [5, 5.41) is 4.07. The molecular weight excluding hydrogens is 438 g/mol. The van der Waals surface area contributed by atoms with Gasteiger partial charge in [0, 0.05) is 5.69 Å². The minimum absolute atomic E-state index is 0.000589. The van der Waals surface area contributed by atoms with Crippen LogP contribution < -0.4 is 5.32 Å². The Bertz CT molecular complexity index is 1140. The maximum absolute atomic E-state index is 12.9. The number of nitrogens with one attached hydrogen (secondary N) is 1. The monoisotopic (exact) mass is 467 g/mol. The summed E-state index contributed by atoms with van der Waals surface area (Å²) in [5.74, 6) is -0.0495. The molecule has 1 N–H and O–H groups in total. The quantitative estimate of drug-likeness (QED) is 0.312. The Balaban J connectivity index is 1.55. The number of anilines is 2. The van der Waals surface area contributed by atoms with Gasteiger partial charge in [0.1, 0.15) is 28.0 Å². The van der Waals surface area contributed by atoms with Crippen molar-refractivity contribution in [3.05, 3.63) is 46.6 Å². The summed E-state index contributed by atoms with van der Waals surface area (Å²) in [6, 6.07) is 7.12. The summed E-state index contributed by atoms with van der Waals surface area (Å²) < 4.78 is 11.1. The number of fused-ring (bicyclic) bond motifs is 1. The predicted octanol–water partition coefficient (Wildman–Crippen LogP) is 6.19. The van der Waals surface area contributed by atoms with E-state index in [0.717, 1.165) is 54.3 Å². The second-order valence-corrected chi connectivity index (χ2v) is 9.32. The van der Waals surface area contributed by atoms with Gasteiger partial charge in [0.05, 0.1) is 17.6 Å². The number of rotatable bonds is 8. The Morgan fingerprint density at radius 3 is 2.76 bits per heavy atom. The van der Waals surface area contributed by atoms with Gasteiger partial charge in [0.2, 0.25) is 0 Å². The normalized spacial score (nSPS) is 14.2. The number of ether oxygens (including phenoxy) is 2. The number of hydrogen-bond donors (Lipinski definition) is 1. The molecule has 4 rings (SSSR count). The van der Waals surface area contributed by atoms with E-state index in [2.05, 4.69) is 15.3 Å². The van der Waals surface area contributed by atoms with Crippen LogP contribution in [0.15, 0.2) is 30.6 Å². The molecule has 0 spiro atoms. The summed E-state index contributed by atoms with van der Waals surface area (Å²) in [6.07, 6.45) is 8.55. The van der Waals surface area contributed by atoms with Crippen molar-refractivity contribution in [1.29, 1.82) is 0 Å². The molecule has 0 unspecified atom stereocenters. The van der Waals surface area contributed by atoms with E-state index >= 15 is 0 Å². The van der Waals surface area contributed by atoms with Crippen molar-refractivity contribution in [2.75, 3.05) is 11.9 Å². The SMILES string of the molecule is CCCCOC(=O)c1cccc(Nc2ncnc3sc(C(=O)OC4CCCCC4)c(C)c23)c1. The molecular formula is C25H29N3O4S. The zero-order valence-corrected chi connectivity index (χ0v) is 19.9. The molecule has 2 aromatic heterocycles. The molecule has 0 saturated heterocycles. The van der Waals surface area contributed by atoms with Crippen LogP contribution in [0.5, 0.6) is 0 Å². The highest BCUT2D eigenvalue weighted by molar-refractivity contribution is 7.20. The maximum Gasteiger partial charge on any atom is 0.348 e. The predicted molar refractivity (Wildman–Crippen MR) is 129 cm³/mol. The molecule has 1 aromatic carbocycles. The van der Waals surface area contributed by atoms with Crippen LogP contribution in [0.3, 0.4) is 0 Å². The van der Waals surface area contributed by atoms with Crippen LogP contribution >= 0.6 is 11.3 Å². The average Bonchev–Trinajstić information content (AvgIpc) is 3.17. The van der Waals surface area contributed by atoms with Crippen LogP contribution in [0.2, 0.25) is 0 Å². The minimum atomic E-state index is -0.348. The molecule has 1 saturated carbocycles. The van der Waals surface area contributed by atoms with Crippen LogP contribution in [0, 0.1) is 6.92 Å². The van der Waals surface area contributed by atoms with Crippen LogP contribution in [0.1, 0.15) is 77.5 Å². The second kappa shape index (κ2) is 10.7. The molecule has 0 amide bonds. The molecule has 0 bridgehead atoms. The van der Waals surface area contributed by atoms with Crippen molar-refractivity contribution in [3.8, 4) is 0 Å². The van der Waals surface area contributed by atoms with Crippen molar-refractivity contribution < 1.29 is 19.1 Å². The van der Waals surface area contributed by atoms with E-state index < -0.39 is 0 Å². The highest BCUT2D eigenvalue weighted by Crippen LogP contribution is 2.35. The molecule has 3 aromatic rings. The number of nitrogens with zero attached hydrogens (tertiary/aromatic N) is 2. The third kappa shape index (κ3) is 5.50. The lowest BCUT2D eigenvalue weighted by Crippen LogP contribution is -2.20. The molecule has 2 heterocycles. The molecule has 7 nitrogen and oxygen atoms in total. The molecule has 174 valence electrons. The van der Waals surface area contributed by atoms with Gasteiger partial charge in [-0.05, 0) is 62.8 Å². The summed E-state index contributed by atoms with van der Waals surface area (Å²) in [6.45, 7) is 4.36. The fourth-order valence-electron chi connectivity index (χ4n) is 4.00. The average molecular weight is 468 g/mol. The van der Waals surface area contributed by atoms with Crippen molar-refractivity contribution in [1.82, 2.24) is 9.97 Å². The molecule has 1 aliphatic carbocycles. The van der Waals surface area contributed by atoms with E-state index in [1.54, 1.807) is 18.2 Å². The number of carbonyl (C=O) groups excluding carboxylic acids is 2. The fourth-order valence-corrected chi connectivity index (χ4v) is 5.03. The Hall–Kier alpha value is -3.00. The molecule has 0 aliphatic heterocycles. The van der Waals surface area contributed by atoms with Crippen LogP contribution in [0.25, 0.3) is 10.2 Å². The first-order valence-corrected chi connectivity index (χ1v) is 12.4. The van der Waals surface area contributed by atoms with Gasteiger partial charge in [-0.25, -0.2) is 19.6 Å². The zero-order valence-electron chi connectivity index (χ0n) is 19.1. The van der Waals surface area contributed by atoms with Crippen molar-refractivity contribution >= 4 is 45.0 Å². The first-order chi connectivity index (χ1) is 16.1. The minimum Gasteiger partial charge on any atom is -0.462 e. The fraction of sp³-hybridized carbons (Fsp3) is 0.440. The van der Waals surface area contributed by atoms with Gasteiger partial charge in [-0.2, -0.15) is 0 Å². The van der Waals surface area contributed by atoms with Crippen LogP contribution in [-0.4, -0.2) is 34.6 Å². The zero-order chi connectivity index (χ0) is 23.2. The third-order valence-electron chi connectivity index (χ3n) is 5.83. The molecule has 0 radical (unpaired) electrons. The topological polar surface area (TPSA) is 90.4 Å². The number of aryl methyl sites for hydroxylation is 1. The van der Waals surface area contributed by atoms with Gasteiger partial charge in [0.15, 0.2) is 0 Å². The Labute approximate surface area is 197 Å². The van der Waals surface area contributed by atoms with E-state index in [1.807, 2.05) is 19.9 Å². The number of thiophene rings is 1. The summed E-state index contributed by atoms with van der Waals surface area (Å²) in [5.41, 5.74) is 1.98. The Morgan fingerprint density at radius 1 is 1.15 bits per heavy atom. The molecule has 0 atom stereocenters. The Kier molecular flexibility index (Phi) is 7.54. The summed E-state index contributed by atoms with van der Waals surface area (Å²) >= 11 is 1.32. The third-order valence-corrected chi connectivity index (χ3v) is 7.01. The smallest absolute Gasteiger partial charge is 0.348 e. The number of esters is 2. The number of unbranched alkanes of at least 4 members (excludes halogenated alkanes) is 1. The number of hydrogen-bond acceptors (Lipinski definition) is 8. The van der Waals surface area contributed by atoms with Gasteiger partial charge in [-0.1, -0.05) is 25.8 Å². The summed E-state index contributed by atoms with van der Waals surface area (Å²) in [7, 11) is 0. The first-order valence-electron chi connectivity index (χ1n) is 11.6. The number of carbonyl (C=O) groups is 2. The number of benzene rings is 1. The van der Waals surface area contributed by atoms with E-state index in [4.69, 9.17) is 9.47 Å². The van der Waals surface area contributed by atoms with Gasteiger partial charge in [0.25, 0.3) is 0 Å². The van der Waals surface area contributed by atoms with Gasteiger partial charge >= 0.3 is 11.9 Å². The van der Waals surface area contributed by atoms with Crippen LogP contribution in [-0.2, 0) is 9.47 Å². The van der Waals surface area contributed by atoms with Crippen molar-refractivity contribution in [3.63, 3.8) is 0 Å². The lowest BCUT2D eigenvalue weighted by molar-refractivity contribution is 0.0216. The molecule has 1 fully saturated rings. The first kappa shape index (κ1) is 23.2. The molecule has 8 heteroatoms. The van der Waals surface area contributed by atoms with E-state index in [0.29, 0.717) is 28.6 Å². The standard InChI is InChI=1S/C25H29N3O4S/c1-3-4-13-31-24(29)17-9-8-10-18(14-17)28-22-20-16(2)21(33-23(20)27-15-26-22)25(30)32-19-11-6-5-7-12-19/h8-10,14-15,19H,3-7,11-13H2,1-2H3,(H,26,27,28). The molecule has 1 aliphatic rings. The van der Waals surface area contributed by atoms with Gasteiger partial charge < -0.3 is 14.8 Å². The summed E-state index contributed by atoms with van der Waals surface area (Å²) in [4.78, 5) is 35.2. The van der Waals surface area contributed by atoms with Gasteiger partial charge in [-0.3, -0.25) is 0 Å². The Morgan fingerprint density at radius 2 is 1.97 bits per heavy atom. The lowest BCUT2D eigenvalue weighted by Gasteiger charge is -2.21. The largest absolute Gasteiger partial charge is 0.462 e. The molecule has 33 heavy (non-hydrogen) atoms. The van der Waals surface area contributed by atoms with Crippen molar-refractivity contribution in [2.45, 2.75) is 64.9 Å². The lowest BCUT2D eigenvalue weighted by atomic mass is 9.98. The van der Waals surface area contributed by atoms with Crippen LogP contribution in [0.4, 0.5) is 11.5 Å². The number of aromatic nitrogens is 2. The highest BCUT2D eigenvalue weighted by atomic mass is 32.1. The second-order valence-electron chi connectivity index (χ2n) is 8.32.